The van der Waals surface area contributed by atoms with Crippen LogP contribution in [0.4, 0.5) is 19.0 Å². The lowest BCUT2D eigenvalue weighted by Crippen LogP contribution is -2.37. The van der Waals surface area contributed by atoms with E-state index >= 15 is 0 Å². The Hall–Kier alpha value is -3.27. The summed E-state index contributed by atoms with van der Waals surface area (Å²) < 4.78 is 44.9. The summed E-state index contributed by atoms with van der Waals surface area (Å²) in [4.78, 5) is 20.2. The largest absolute Gasteiger partial charge is 0.417 e. The lowest BCUT2D eigenvalue weighted by molar-refractivity contribution is -0.137. The molecule has 150 valence electrons. The highest BCUT2D eigenvalue weighted by Crippen LogP contribution is 2.29. The highest BCUT2D eigenvalue weighted by molar-refractivity contribution is 5.57. The monoisotopic (exact) mass is 403 g/mol. The fourth-order valence-electron chi connectivity index (χ4n) is 3.10. The molecule has 10 heteroatoms. The van der Waals surface area contributed by atoms with Gasteiger partial charge < -0.3 is 10.1 Å². The van der Waals surface area contributed by atoms with Gasteiger partial charge in [0.2, 0.25) is 0 Å². The Balaban J connectivity index is 1.58. The molecule has 1 fully saturated rings. The van der Waals surface area contributed by atoms with Gasteiger partial charge in [-0.25, -0.2) is 9.67 Å². The van der Waals surface area contributed by atoms with Crippen LogP contribution in [0.15, 0.2) is 59.8 Å². The third-order valence-corrected chi connectivity index (χ3v) is 4.59. The third kappa shape index (κ3) is 4.11. The highest BCUT2D eigenvalue weighted by Gasteiger charge is 2.33. The number of pyridine rings is 2. The maximum absolute atomic E-state index is 12.7. The summed E-state index contributed by atoms with van der Waals surface area (Å²) in [6, 6.07) is 8.01. The zero-order valence-electron chi connectivity index (χ0n) is 15.0. The third-order valence-electron chi connectivity index (χ3n) is 4.59. The molecular weight excluding hydrogens is 387 g/mol. The Morgan fingerprint density at radius 3 is 2.55 bits per heavy atom. The SMILES string of the molecule is O=c1ccc(-c2ccncc2)nn1C1COCC1Nc1ccc(C(F)(F)F)cn1. The number of nitrogens with zero attached hydrogens (tertiary/aromatic N) is 4. The molecule has 7 nitrogen and oxygen atoms in total. The first-order chi connectivity index (χ1) is 13.9. The molecule has 4 rings (SSSR count). The fourth-order valence-corrected chi connectivity index (χ4v) is 3.10. The van der Waals surface area contributed by atoms with Crippen molar-refractivity contribution < 1.29 is 17.9 Å². The molecule has 4 heterocycles. The van der Waals surface area contributed by atoms with E-state index in [4.69, 9.17) is 4.74 Å². The molecule has 1 aliphatic heterocycles. The molecule has 1 aliphatic rings. The molecule has 2 atom stereocenters. The van der Waals surface area contributed by atoms with E-state index in [1.54, 1.807) is 30.6 Å². The van der Waals surface area contributed by atoms with Crippen LogP contribution < -0.4 is 10.9 Å². The van der Waals surface area contributed by atoms with Crippen LogP contribution >= 0.6 is 0 Å². The van der Waals surface area contributed by atoms with Crippen LogP contribution in [0.1, 0.15) is 11.6 Å². The van der Waals surface area contributed by atoms with Crippen molar-refractivity contribution in [3.05, 3.63) is 70.9 Å². The quantitative estimate of drug-likeness (QED) is 0.722. The summed E-state index contributed by atoms with van der Waals surface area (Å²) in [5, 5.41) is 7.49. The topological polar surface area (TPSA) is 81.9 Å². The molecule has 3 aromatic heterocycles. The number of alkyl halides is 3. The fraction of sp³-hybridized carbons (Fsp3) is 0.263. The van der Waals surface area contributed by atoms with Gasteiger partial charge in [-0.1, -0.05) is 0 Å². The van der Waals surface area contributed by atoms with E-state index in [0.717, 1.165) is 17.8 Å². The summed E-state index contributed by atoms with van der Waals surface area (Å²) in [7, 11) is 0. The highest BCUT2D eigenvalue weighted by atomic mass is 19.4. The van der Waals surface area contributed by atoms with Gasteiger partial charge in [0, 0.05) is 30.2 Å². The molecule has 0 saturated carbocycles. The van der Waals surface area contributed by atoms with Crippen molar-refractivity contribution in [2.24, 2.45) is 0 Å². The Bertz CT molecular complexity index is 1040. The maximum atomic E-state index is 12.7. The number of aromatic nitrogens is 4. The Kier molecular flexibility index (Phi) is 5.01. The first-order valence-electron chi connectivity index (χ1n) is 8.79. The molecule has 1 N–H and O–H groups in total. The second-order valence-electron chi connectivity index (χ2n) is 6.52. The Labute approximate surface area is 163 Å². The Morgan fingerprint density at radius 1 is 1.07 bits per heavy atom. The number of ether oxygens (including phenoxy) is 1. The molecule has 0 radical (unpaired) electrons. The van der Waals surface area contributed by atoms with Crippen molar-refractivity contribution >= 4 is 5.82 Å². The van der Waals surface area contributed by atoms with Gasteiger partial charge in [-0.05, 0) is 30.3 Å². The van der Waals surface area contributed by atoms with Crippen LogP contribution in [0.5, 0.6) is 0 Å². The van der Waals surface area contributed by atoms with E-state index in [2.05, 4.69) is 20.4 Å². The number of nitrogens with one attached hydrogen (secondary N) is 1. The van der Waals surface area contributed by atoms with Crippen molar-refractivity contribution in [1.29, 1.82) is 0 Å². The molecule has 2 unspecified atom stereocenters. The number of hydrogen-bond acceptors (Lipinski definition) is 6. The minimum absolute atomic E-state index is 0.241. The molecular formula is C19H16F3N5O2. The van der Waals surface area contributed by atoms with Crippen molar-refractivity contribution in [2.75, 3.05) is 18.5 Å². The lowest BCUT2D eigenvalue weighted by atomic mass is 10.1. The van der Waals surface area contributed by atoms with Gasteiger partial charge in [0.15, 0.2) is 0 Å². The minimum Gasteiger partial charge on any atom is -0.377 e. The van der Waals surface area contributed by atoms with Gasteiger partial charge in [-0.15, -0.1) is 0 Å². The van der Waals surface area contributed by atoms with Gasteiger partial charge in [0.05, 0.1) is 30.5 Å². The average molecular weight is 403 g/mol. The summed E-state index contributed by atoms with van der Waals surface area (Å²) in [6.07, 6.45) is -0.422. The Morgan fingerprint density at radius 2 is 1.86 bits per heavy atom. The zero-order chi connectivity index (χ0) is 20.4. The average Bonchev–Trinajstić information content (AvgIpc) is 3.16. The van der Waals surface area contributed by atoms with E-state index in [1.807, 2.05) is 0 Å². The molecule has 0 aliphatic carbocycles. The van der Waals surface area contributed by atoms with Gasteiger partial charge in [-0.3, -0.25) is 9.78 Å². The molecule has 0 amide bonds. The first-order valence-corrected chi connectivity index (χ1v) is 8.79. The number of hydrogen-bond donors (Lipinski definition) is 1. The summed E-state index contributed by atoms with van der Waals surface area (Å²) in [6.45, 7) is 0.506. The van der Waals surface area contributed by atoms with E-state index in [-0.39, 0.29) is 30.6 Å². The number of halogens is 3. The zero-order valence-corrected chi connectivity index (χ0v) is 15.0. The molecule has 29 heavy (non-hydrogen) atoms. The summed E-state index contributed by atoms with van der Waals surface area (Å²) >= 11 is 0. The van der Waals surface area contributed by atoms with Crippen LogP contribution in [0.25, 0.3) is 11.3 Å². The maximum Gasteiger partial charge on any atom is 0.417 e. The first kappa shape index (κ1) is 19.1. The molecule has 3 aromatic rings. The van der Waals surface area contributed by atoms with Crippen molar-refractivity contribution in [3.8, 4) is 11.3 Å². The van der Waals surface area contributed by atoms with Crippen LogP contribution in [-0.4, -0.2) is 39.0 Å². The smallest absolute Gasteiger partial charge is 0.377 e. The second-order valence-corrected chi connectivity index (χ2v) is 6.52. The number of anilines is 1. The van der Waals surface area contributed by atoms with E-state index in [1.165, 1.54) is 16.8 Å². The molecule has 0 aromatic carbocycles. The molecule has 1 saturated heterocycles. The van der Waals surface area contributed by atoms with Gasteiger partial charge in [0.25, 0.3) is 5.56 Å². The van der Waals surface area contributed by atoms with Crippen LogP contribution in [0.3, 0.4) is 0 Å². The summed E-state index contributed by atoms with van der Waals surface area (Å²) in [5.41, 5.74) is 0.280. The van der Waals surface area contributed by atoms with E-state index in [0.29, 0.717) is 5.69 Å². The predicted octanol–water partition coefficient (Wildman–Crippen LogP) is 2.77. The normalized spacial score (nSPS) is 19.3. The van der Waals surface area contributed by atoms with Gasteiger partial charge in [0.1, 0.15) is 11.9 Å². The van der Waals surface area contributed by atoms with Crippen molar-refractivity contribution in [3.63, 3.8) is 0 Å². The lowest BCUT2D eigenvalue weighted by Gasteiger charge is -2.21. The van der Waals surface area contributed by atoms with Crippen LogP contribution in [0.2, 0.25) is 0 Å². The van der Waals surface area contributed by atoms with Gasteiger partial charge in [-0.2, -0.15) is 18.3 Å². The van der Waals surface area contributed by atoms with Gasteiger partial charge >= 0.3 is 6.18 Å². The van der Waals surface area contributed by atoms with E-state index < -0.39 is 17.8 Å². The molecule has 0 bridgehead atoms. The van der Waals surface area contributed by atoms with Crippen LogP contribution in [0, 0.1) is 0 Å². The minimum atomic E-state index is -4.45. The second kappa shape index (κ2) is 7.63. The van der Waals surface area contributed by atoms with E-state index in [9.17, 15) is 18.0 Å². The number of rotatable bonds is 4. The standard InChI is InChI=1S/C19H16F3N5O2/c20-19(21,22)13-1-3-17(24-9-13)25-15-10-29-11-16(15)27-18(28)4-2-14(26-27)12-5-7-23-8-6-12/h1-9,15-16H,10-11H2,(H,24,25). The molecule has 0 spiro atoms. The van der Waals surface area contributed by atoms with Crippen molar-refractivity contribution in [1.82, 2.24) is 19.7 Å². The van der Waals surface area contributed by atoms with Crippen molar-refractivity contribution in [2.45, 2.75) is 18.3 Å². The predicted molar refractivity (Wildman–Crippen MR) is 98.2 cm³/mol. The summed E-state index contributed by atoms with van der Waals surface area (Å²) in [5.74, 6) is 0.261. The van der Waals surface area contributed by atoms with Crippen LogP contribution in [-0.2, 0) is 10.9 Å².